The van der Waals surface area contributed by atoms with Crippen LogP contribution in [0.5, 0.6) is 5.75 Å². The molecule has 0 aliphatic rings. The molecule has 0 radical (unpaired) electrons. The molecule has 0 bridgehead atoms. The number of rotatable bonds is 10. The van der Waals surface area contributed by atoms with Gasteiger partial charge < -0.3 is 10.1 Å². The van der Waals surface area contributed by atoms with Gasteiger partial charge in [0.15, 0.2) is 0 Å². The summed E-state index contributed by atoms with van der Waals surface area (Å²) in [5.41, 5.74) is 1.53. The summed E-state index contributed by atoms with van der Waals surface area (Å²) in [6, 6.07) is 23.4. The van der Waals surface area contributed by atoms with Crippen molar-refractivity contribution in [3.05, 3.63) is 119 Å². The van der Waals surface area contributed by atoms with Crippen LogP contribution in [0.15, 0.2) is 107 Å². The molecular weight excluding hydrogens is 557 g/mol. The third-order valence-corrected chi connectivity index (χ3v) is 7.87. The van der Waals surface area contributed by atoms with E-state index in [0.717, 1.165) is 35.2 Å². The van der Waals surface area contributed by atoms with Crippen LogP contribution in [0.25, 0.3) is 6.08 Å². The maximum atomic E-state index is 13.2. The Morgan fingerprint density at radius 1 is 0.800 bits per heavy atom. The zero-order valence-electron chi connectivity index (χ0n) is 21.0. The highest BCUT2D eigenvalue weighted by Gasteiger charge is 2.18. The van der Waals surface area contributed by atoms with E-state index in [1.54, 1.807) is 24.3 Å². The number of carbonyl (C=O) groups excluding carboxylic acids is 1. The van der Waals surface area contributed by atoms with Gasteiger partial charge in [0.1, 0.15) is 11.6 Å². The van der Waals surface area contributed by atoms with Crippen LogP contribution in [0.2, 0.25) is 0 Å². The van der Waals surface area contributed by atoms with Crippen molar-refractivity contribution in [3.63, 3.8) is 0 Å². The fraction of sp³-hybridized carbons (Fsp3) is 0.0357. The van der Waals surface area contributed by atoms with Crippen molar-refractivity contribution in [1.29, 1.82) is 0 Å². The summed E-state index contributed by atoms with van der Waals surface area (Å²) >= 11 is 0. The molecule has 0 spiro atoms. The average Bonchev–Trinajstić information content (AvgIpc) is 2.93. The summed E-state index contributed by atoms with van der Waals surface area (Å²) in [6.45, 7) is 0. The Morgan fingerprint density at radius 2 is 1.45 bits per heavy atom. The molecule has 0 fully saturated rings. The summed E-state index contributed by atoms with van der Waals surface area (Å²) in [5, 5.41) is 3.71. The maximum absolute atomic E-state index is 13.2. The third-order valence-electron chi connectivity index (χ3n) is 5.47. The fourth-order valence-corrected chi connectivity index (χ4v) is 5.44. The van der Waals surface area contributed by atoms with Crippen molar-refractivity contribution in [1.82, 2.24) is 0 Å². The Hall–Kier alpha value is -4.68. The second kappa shape index (κ2) is 12.0. The van der Waals surface area contributed by atoms with Crippen LogP contribution in [0.1, 0.15) is 15.9 Å². The molecule has 4 aromatic carbocycles. The number of ether oxygens (including phenoxy) is 1. The summed E-state index contributed by atoms with van der Waals surface area (Å²) in [7, 11) is -6.49. The standard InChI is InChI=1S/C28H24FN3O6S2/c1-38-27-16-13-24(19-26(27)32-40(36,37)25-14-9-22(29)10-15-25)30-28(33)21-7-11-23(12-8-21)31-39(34,35)18-17-20-5-3-2-4-6-20/h2-19,31-32H,1H3,(H,30,33). The van der Waals surface area contributed by atoms with Crippen molar-refractivity contribution in [2.45, 2.75) is 4.90 Å². The molecule has 9 nitrogen and oxygen atoms in total. The Labute approximate surface area is 231 Å². The number of amides is 1. The first-order valence-corrected chi connectivity index (χ1v) is 14.7. The summed E-state index contributed by atoms with van der Waals surface area (Å²) < 4.78 is 73.5. The van der Waals surface area contributed by atoms with Crippen LogP contribution in [0, 0.1) is 5.82 Å². The third kappa shape index (κ3) is 7.46. The first kappa shape index (κ1) is 28.3. The molecule has 0 unspecified atom stereocenters. The number of methoxy groups -OCH3 is 1. The van der Waals surface area contributed by atoms with E-state index in [-0.39, 0.29) is 33.3 Å². The monoisotopic (exact) mass is 581 g/mol. The lowest BCUT2D eigenvalue weighted by Gasteiger charge is -2.14. The minimum absolute atomic E-state index is 0.0536. The lowest BCUT2D eigenvalue weighted by Crippen LogP contribution is -2.15. The number of benzene rings is 4. The number of halogens is 1. The summed E-state index contributed by atoms with van der Waals surface area (Å²) in [5.74, 6) is -0.899. The Kier molecular flexibility index (Phi) is 8.51. The van der Waals surface area contributed by atoms with Gasteiger partial charge in [0, 0.05) is 16.9 Å². The van der Waals surface area contributed by atoms with Crippen LogP contribution in [0.4, 0.5) is 21.5 Å². The van der Waals surface area contributed by atoms with Crippen molar-refractivity contribution in [2.75, 3.05) is 21.9 Å². The van der Waals surface area contributed by atoms with Gasteiger partial charge in [-0.1, -0.05) is 30.3 Å². The van der Waals surface area contributed by atoms with Gasteiger partial charge >= 0.3 is 0 Å². The highest BCUT2D eigenvalue weighted by molar-refractivity contribution is 7.95. The molecule has 206 valence electrons. The van der Waals surface area contributed by atoms with Gasteiger partial charge in [-0.25, -0.2) is 21.2 Å². The molecule has 0 aliphatic carbocycles. The van der Waals surface area contributed by atoms with Gasteiger partial charge in [-0.05, 0) is 78.4 Å². The maximum Gasteiger partial charge on any atom is 0.262 e. The van der Waals surface area contributed by atoms with Crippen molar-refractivity contribution in [3.8, 4) is 5.75 Å². The van der Waals surface area contributed by atoms with Crippen molar-refractivity contribution < 1.29 is 30.8 Å². The van der Waals surface area contributed by atoms with Gasteiger partial charge in [-0.3, -0.25) is 14.2 Å². The molecule has 0 aromatic heterocycles. The van der Waals surface area contributed by atoms with E-state index in [9.17, 15) is 26.0 Å². The molecule has 0 aliphatic heterocycles. The quantitative estimate of drug-likeness (QED) is 0.233. The van der Waals surface area contributed by atoms with Gasteiger partial charge in [-0.2, -0.15) is 0 Å². The molecule has 4 aromatic rings. The van der Waals surface area contributed by atoms with E-state index in [0.29, 0.717) is 0 Å². The largest absolute Gasteiger partial charge is 0.495 e. The molecule has 0 saturated heterocycles. The Morgan fingerprint density at radius 3 is 2.10 bits per heavy atom. The number of sulfonamides is 2. The van der Waals surface area contributed by atoms with Crippen molar-refractivity contribution in [2.24, 2.45) is 0 Å². The highest BCUT2D eigenvalue weighted by atomic mass is 32.2. The van der Waals surface area contributed by atoms with Gasteiger partial charge in [0.05, 0.1) is 23.1 Å². The molecule has 0 atom stereocenters. The average molecular weight is 582 g/mol. The second-order valence-electron chi connectivity index (χ2n) is 8.37. The molecule has 0 saturated carbocycles. The zero-order chi connectivity index (χ0) is 28.8. The van der Waals surface area contributed by atoms with E-state index in [4.69, 9.17) is 4.74 Å². The minimum atomic E-state index is -4.07. The Balaban J connectivity index is 1.44. The minimum Gasteiger partial charge on any atom is -0.495 e. The number of hydrogen-bond acceptors (Lipinski definition) is 6. The second-order valence-corrected chi connectivity index (χ2v) is 11.6. The van der Waals surface area contributed by atoms with Crippen LogP contribution in [-0.4, -0.2) is 29.9 Å². The van der Waals surface area contributed by atoms with Crippen molar-refractivity contribution >= 4 is 49.1 Å². The molecule has 0 heterocycles. The lowest BCUT2D eigenvalue weighted by molar-refractivity contribution is 0.102. The molecule has 4 rings (SSSR count). The first-order chi connectivity index (χ1) is 19.0. The highest BCUT2D eigenvalue weighted by Crippen LogP contribution is 2.30. The van der Waals surface area contributed by atoms with Gasteiger partial charge in [-0.15, -0.1) is 0 Å². The van der Waals surface area contributed by atoms with E-state index in [1.807, 2.05) is 6.07 Å². The van der Waals surface area contributed by atoms with Crippen LogP contribution in [-0.2, 0) is 20.0 Å². The fourth-order valence-electron chi connectivity index (χ4n) is 3.51. The SMILES string of the molecule is COc1ccc(NC(=O)c2ccc(NS(=O)(=O)C=Cc3ccccc3)cc2)cc1NS(=O)(=O)c1ccc(F)cc1. The molecular formula is C28H24FN3O6S2. The zero-order valence-corrected chi connectivity index (χ0v) is 22.7. The van der Waals surface area contributed by atoms with E-state index in [1.165, 1.54) is 55.7 Å². The summed E-state index contributed by atoms with van der Waals surface area (Å²) in [6.07, 6.45) is 1.47. The first-order valence-electron chi connectivity index (χ1n) is 11.7. The smallest absolute Gasteiger partial charge is 0.262 e. The molecule has 1 amide bonds. The normalized spacial score (nSPS) is 11.7. The topological polar surface area (TPSA) is 131 Å². The summed E-state index contributed by atoms with van der Waals surface area (Å²) in [4.78, 5) is 12.7. The van der Waals surface area contributed by atoms with E-state index < -0.39 is 31.8 Å². The van der Waals surface area contributed by atoms with Crippen LogP contribution in [0.3, 0.4) is 0 Å². The van der Waals surface area contributed by atoms with Crippen LogP contribution >= 0.6 is 0 Å². The molecule has 40 heavy (non-hydrogen) atoms. The molecule has 3 N–H and O–H groups in total. The van der Waals surface area contributed by atoms with E-state index in [2.05, 4.69) is 14.8 Å². The number of anilines is 3. The number of nitrogens with one attached hydrogen (secondary N) is 3. The Bertz CT molecular complexity index is 1740. The molecule has 12 heteroatoms. The van der Waals surface area contributed by atoms with E-state index >= 15 is 0 Å². The predicted octanol–water partition coefficient (Wildman–Crippen LogP) is 5.30. The lowest BCUT2D eigenvalue weighted by atomic mass is 10.2. The van der Waals surface area contributed by atoms with Crippen LogP contribution < -0.4 is 19.5 Å². The predicted molar refractivity (Wildman–Crippen MR) is 153 cm³/mol. The van der Waals surface area contributed by atoms with Gasteiger partial charge in [0.25, 0.3) is 26.0 Å². The number of hydrogen-bond donors (Lipinski definition) is 3. The van der Waals surface area contributed by atoms with Gasteiger partial charge in [0.2, 0.25) is 0 Å². The number of carbonyl (C=O) groups is 1.